The maximum Gasteiger partial charge on any atom is 0.151 e. The van der Waals surface area contributed by atoms with Crippen molar-refractivity contribution in [3.8, 4) is 0 Å². The molecule has 16 heavy (non-hydrogen) atoms. The van der Waals surface area contributed by atoms with Crippen molar-refractivity contribution < 1.29 is 0 Å². The van der Waals surface area contributed by atoms with Gasteiger partial charge >= 0.3 is 0 Å². The van der Waals surface area contributed by atoms with Crippen LogP contribution in [0.5, 0.6) is 0 Å². The Morgan fingerprint density at radius 2 is 1.81 bits per heavy atom. The predicted molar refractivity (Wildman–Crippen MR) is 62.0 cm³/mol. The van der Waals surface area contributed by atoms with Gasteiger partial charge in [-0.05, 0) is 12.1 Å². The van der Waals surface area contributed by atoms with Crippen LogP contribution in [0.25, 0.3) is 0 Å². The Bertz CT molecular complexity index is 466. The van der Waals surface area contributed by atoms with Gasteiger partial charge in [-0.1, -0.05) is 18.2 Å². The van der Waals surface area contributed by atoms with Gasteiger partial charge < -0.3 is 5.43 Å². The van der Waals surface area contributed by atoms with E-state index < -0.39 is 0 Å². The van der Waals surface area contributed by atoms with Crippen molar-refractivity contribution in [3.05, 3.63) is 54.6 Å². The normalized spacial score (nSPS) is 11.2. The molecule has 0 spiro atoms. The van der Waals surface area contributed by atoms with Crippen molar-refractivity contribution in [3.63, 3.8) is 0 Å². The molecule has 1 heterocycles. The van der Waals surface area contributed by atoms with Crippen molar-refractivity contribution in [2.75, 3.05) is 0 Å². The lowest BCUT2D eigenvalue weighted by Crippen LogP contribution is -2.31. The third kappa shape index (κ3) is 2.40. The standard InChI is InChI=1S/C11H11N5/c12-16-11(9-6-13-8-14-7-9)15-10-4-2-1-3-5-10/h1-8H,12H2,(H,15,16). The molecule has 0 aliphatic carbocycles. The maximum absolute atomic E-state index is 5.42. The van der Waals surface area contributed by atoms with Gasteiger partial charge in [0.05, 0.1) is 11.3 Å². The zero-order chi connectivity index (χ0) is 11.2. The number of hydrazine groups is 1. The van der Waals surface area contributed by atoms with Gasteiger partial charge in [0.15, 0.2) is 5.84 Å². The number of para-hydroxylation sites is 1. The minimum Gasteiger partial charge on any atom is -0.308 e. The topological polar surface area (TPSA) is 76.2 Å². The van der Waals surface area contributed by atoms with E-state index >= 15 is 0 Å². The SMILES string of the molecule is NNC(=Nc1ccccc1)c1cncnc1. The summed E-state index contributed by atoms with van der Waals surface area (Å²) in [4.78, 5) is 12.2. The fraction of sp³-hybridized carbons (Fsp3) is 0. The molecule has 2 rings (SSSR count). The lowest BCUT2D eigenvalue weighted by atomic mass is 10.3. The summed E-state index contributed by atoms with van der Waals surface area (Å²) < 4.78 is 0. The molecule has 1 aromatic carbocycles. The molecular weight excluding hydrogens is 202 g/mol. The van der Waals surface area contributed by atoms with E-state index in [-0.39, 0.29) is 0 Å². The molecule has 5 nitrogen and oxygen atoms in total. The van der Waals surface area contributed by atoms with E-state index in [1.807, 2.05) is 30.3 Å². The summed E-state index contributed by atoms with van der Waals surface area (Å²) in [5.41, 5.74) is 4.10. The Morgan fingerprint density at radius 3 is 2.44 bits per heavy atom. The number of nitrogens with one attached hydrogen (secondary N) is 1. The molecule has 3 N–H and O–H groups in total. The first-order chi connectivity index (χ1) is 7.90. The van der Waals surface area contributed by atoms with Crippen LogP contribution in [0.3, 0.4) is 0 Å². The molecule has 0 unspecified atom stereocenters. The van der Waals surface area contributed by atoms with Crippen LogP contribution in [0.1, 0.15) is 5.56 Å². The number of hydrogen-bond acceptors (Lipinski definition) is 4. The van der Waals surface area contributed by atoms with E-state index in [0.29, 0.717) is 5.84 Å². The molecule has 0 radical (unpaired) electrons. The van der Waals surface area contributed by atoms with Crippen LogP contribution < -0.4 is 11.3 Å². The minimum atomic E-state index is 0.534. The van der Waals surface area contributed by atoms with Gasteiger partial charge in [-0.2, -0.15) is 0 Å². The molecule has 5 heteroatoms. The van der Waals surface area contributed by atoms with Crippen molar-refractivity contribution in [2.45, 2.75) is 0 Å². The number of benzene rings is 1. The molecule has 0 amide bonds. The lowest BCUT2D eigenvalue weighted by molar-refractivity contribution is 1.01. The van der Waals surface area contributed by atoms with Crippen molar-refractivity contribution >= 4 is 11.5 Å². The molecule has 0 atom stereocenters. The molecule has 0 aliphatic heterocycles. The lowest BCUT2D eigenvalue weighted by Gasteiger charge is -2.04. The van der Waals surface area contributed by atoms with Gasteiger partial charge in [0.2, 0.25) is 0 Å². The number of amidine groups is 1. The summed E-state index contributed by atoms with van der Waals surface area (Å²) in [7, 11) is 0. The highest BCUT2D eigenvalue weighted by Gasteiger charge is 2.01. The highest BCUT2D eigenvalue weighted by atomic mass is 15.3. The van der Waals surface area contributed by atoms with Crippen LogP contribution in [0.2, 0.25) is 0 Å². The van der Waals surface area contributed by atoms with E-state index in [1.165, 1.54) is 6.33 Å². The van der Waals surface area contributed by atoms with Gasteiger partial charge in [0.25, 0.3) is 0 Å². The summed E-state index contributed by atoms with van der Waals surface area (Å²) in [6.07, 6.45) is 4.75. The van der Waals surface area contributed by atoms with Crippen molar-refractivity contribution in [1.82, 2.24) is 15.4 Å². The first kappa shape index (κ1) is 10.3. The quantitative estimate of drug-likeness (QED) is 0.338. The fourth-order valence-electron chi connectivity index (χ4n) is 1.23. The zero-order valence-electron chi connectivity index (χ0n) is 8.54. The molecule has 0 saturated heterocycles. The molecule has 0 fully saturated rings. The summed E-state index contributed by atoms with van der Waals surface area (Å²) in [5, 5.41) is 0. The number of nitrogens with two attached hydrogens (primary N) is 1. The van der Waals surface area contributed by atoms with E-state index in [1.54, 1.807) is 12.4 Å². The smallest absolute Gasteiger partial charge is 0.151 e. The highest BCUT2D eigenvalue weighted by molar-refractivity contribution is 5.99. The van der Waals surface area contributed by atoms with Crippen LogP contribution in [0.4, 0.5) is 5.69 Å². The van der Waals surface area contributed by atoms with Gasteiger partial charge in [0, 0.05) is 12.4 Å². The Balaban J connectivity index is 2.34. The Morgan fingerprint density at radius 1 is 1.12 bits per heavy atom. The third-order valence-corrected chi connectivity index (χ3v) is 1.97. The van der Waals surface area contributed by atoms with E-state index in [2.05, 4.69) is 20.4 Å². The first-order valence-electron chi connectivity index (χ1n) is 4.76. The van der Waals surface area contributed by atoms with E-state index in [9.17, 15) is 0 Å². The summed E-state index contributed by atoms with van der Waals surface area (Å²) >= 11 is 0. The predicted octanol–water partition coefficient (Wildman–Crippen LogP) is 1.02. The molecular formula is C11H11N5. The van der Waals surface area contributed by atoms with Crippen molar-refractivity contribution in [1.29, 1.82) is 0 Å². The first-order valence-corrected chi connectivity index (χ1v) is 4.76. The summed E-state index contributed by atoms with van der Waals surface area (Å²) in [6.45, 7) is 0. The fourth-order valence-corrected chi connectivity index (χ4v) is 1.23. The van der Waals surface area contributed by atoms with E-state index in [4.69, 9.17) is 5.84 Å². The molecule has 0 aliphatic rings. The maximum atomic E-state index is 5.42. The number of aliphatic imine (C=N–C) groups is 1. The molecule has 0 bridgehead atoms. The molecule has 2 aromatic rings. The Hall–Kier alpha value is -2.27. The number of hydrogen-bond donors (Lipinski definition) is 2. The van der Waals surface area contributed by atoms with E-state index in [0.717, 1.165) is 11.3 Å². The second-order valence-electron chi connectivity index (χ2n) is 3.07. The van der Waals surface area contributed by atoms with Gasteiger partial charge in [-0.15, -0.1) is 0 Å². The van der Waals surface area contributed by atoms with Crippen LogP contribution in [0.15, 0.2) is 54.0 Å². The van der Waals surface area contributed by atoms with Gasteiger partial charge in [0.1, 0.15) is 6.33 Å². The number of aromatic nitrogens is 2. The average molecular weight is 213 g/mol. The third-order valence-electron chi connectivity index (χ3n) is 1.97. The molecule has 0 saturated carbocycles. The van der Waals surface area contributed by atoms with Crippen LogP contribution >= 0.6 is 0 Å². The minimum absolute atomic E-state index is 0.534. The van der Waals surface area contributed by atoms with Crippen molar-refractivity contribution in [2.24, 2.45) is 10.8 Å². The van der Waals surface area contributed by atoms with Crippen LogP contribution in [-0.4, -0.2) is 15.8 Å². The van der Waals surface area contributed by atoms with Crippen LogP contribution in [-0.2, 0) is 0 Å². The summed E-state index contributed by atoms with van der Waals surface area (Å²) in [6, 6.07) is 9.53. The molecule has 80 valence electrons. The highest BCUT2D eigenvalue weighted by Crippen LogP contribution is 2.11. The zero-order valence-corrected chi connectivity index (χ0v) is 8.54. The molecule has 1 aromatic heterocycles. The number of nitrogens with zero attached hydrogens (tertiary/aromatic N) is 3. The largest absolute Gasteiger partial charge is 0.308 e. The summed E-state index contributed by atoms with van der Waals surface area (Å²) in [5.74, 6) is 5.95. The average Bonchev–Trinajstić information content (AvgIpc) is 2.38. The van der Waals surface area contributed by atoms with Gasteiger partial charge in [-0.25, -0.2) is 20.8 Å². The second-order valence-corrected chi connectivity index (χ2v) is 3.07. The second kappa shape index (κ2) is 4.99. The van der Waals surface area contributed by atoms with Gasteiger partial charge in [-0.3, -0.25) is 0 Å². The van der Waals surface area contributed by atoms with Crippen LogP contribution in [0, 0.1) is 0 Å². The Labute approximate surface area is 93.0 Å². The monoisotopic (exact) mass is 213 g/mol. The number of rotatable bonds is 2. The Kier molecular flexibility index (Phi) is 3.20.